The van der Waals surface area contributed by atoms with E-state index in [1.807, 2.05) is 0 Å². The first-order valence-electron chi connectivity index (χ1n) is 5.03. The first-order chi connectivity index (χ1) is 7.61. The smallest absolute Gasteiger partial charge is 0.227 e. The van der Waals surface area contributed by atoms with Gasteiger partial charge >= 0.3 is 0 Å². The van der Waals surface area contributed by atoms with Gasteiger partial charge in [-0.15, -0.1) is 6.58 Å². The van der Waals surface area contributed by atoms with Crippen molar-refractivity contribution in [3.05, 3.63) is 36.7 Å². The number of nitrogens with zero attached hydrogens (tertiary/aromatic N) is 1. The van der Waals surface area contributed by atoms with Crippen LogP contribution >= 0.6 is 0 Å². The predicted molar refractivity (Wildman–Crippen MR) is 58.7 cm³/mol. The summed E-state index contributed by atoms with van der Waals surface area (Å²) in [6.07, 6.45) is 2.11. The molecule has 0 saturated carbocycles. The van der Waals surface area contributed by atoms with Gasteiger partial charge in [-0.1, -0.05) is 6.08 Å². The van der Waals surface area contributed by atoms with Gasteiger partial charge in [-0.2, -0.15) is 0 Å². The zero-order valence-corrected chi connectivity index (χ0v) is 8.69. The van der Waals surface area contributed by atoms with Gasteiger partial charge in [-0.3, -0.25) is 4.79 Å². The van der Waals surface area contributed by atoms with E-state index < -0.39 is 5.82 Å². The molecule has 1 fully saturated rings. The molecule has 84 valence electrons. The highest BCUT2D eigenvalue weighted by Gasteiger charge is 2.30. The van der Waals surface area contributed by atoms with Gasteiger partial charge in [0.05, 0.1) is 5.69 Å². The molecule has 0 radical (unpaired) electrons. The predicted octanol–water partition coefficient (Wildman–Crippen LogP) is 2.07. The Hall–Kier alpha value is -1.84. The van der Waals surface area contributed by atoms with Crippen molar-refractivity contribution in [1.82, 2.24) is 0 Å². The minimum Gasteiger partial charge on any atom is -0.506 e. The number of phenols is 1. The Bertz CT molecular complexity index is 445. The SMILES string of the molecule is C=CC1CC(=O)N(c2ccc(F)cc2O)C1. The number of carbonyl (C=O) groups excluding carboxylic acids is 1. The third-order valence-electron chi connectivity index (χ3n) is 2.72. The van der Waals surface area contributed by atoms with Gasteiger partial charge in [0.2, 0.25) is 5.91 Å². The van der Waals surface area contributed by atoms with Crippen LogP contribution in [0.3, 0.4) is 0 Å². The Morgan fingerprint density at radius 1 is 1.56 bits per heavy atom. The molecule has 1 atom stereocenters. The molecule has 0 aromatic heterocycles. The summed E-state index contributed by atoms with van der Waals surface area (Å²) in [5, 5.41) is 9.57. The van der Waals surface area contributed by atoms with Crippen molar-refractivity contribution in [3.63, 3.8) is 0 Å². The lowest BCUT2D eigenvalue weighted by atomic mass is 10.1. The van der Waals surface area contributed by atoms with E-state index in [4.69, 9.17) is 0 Å². The zero-order chi connectivity index (χ0) is 11.7. The third kappa shape index (κ3) is 1.78. The van der Waals surface area contributed by atoms with Crippen LogP contribution in [-0.4, -0.2) is 17.6 Å². The maximum absolute atomic E-state index is 12.8. The average Bonchev–Trinajstić information content (AvgIpc) is 2.60. The molecule has 1 aliphatic heterocycles. The summed E-state index contributed by atoms with van der Waals surface area (Å²) in [4.78, 5) is 13.1. The van der Waals surface area contributed by atoms with Crippen molar-refractivity contribution >= 4 is 11.6 Å². The standard InChI is InChI=1S/C12H12FNO2/c1-2-8-5-12(16)14(7-8)10-4-3-9(13)6-11(10)15/h2-4,6,8,15H,1,5,7H2. The molecule has 1 saturated heterocycles. The molecule has 2 rings (SSSR count). The molecular formula is C12H12FNO2. The van der Waals surface area contributed by atoms with Gasteiger partial charge in [0.15, 0.2) is 0 Å². The number of hydrogen-bond acceptors (Lipinski definition) is 2. The van der Waals surface area contributed by atoms with Crippen LogP contribution in [0.5, 0.6) is 5.75 Å². The second-order valence-corrected chi connectivity index (χ2v) is 3.84. The van der Waals surface area contributed by atoms with Crippen molar-refractivity contribution in [2.75, 3.05) is 11.4 Å². The molecule has 0 spiro atoms. The molecule has 1 aliphatic rings. The van der Waals surface area contributed by atoms with Crippen LogP contribution in [0.2, 0.25) is 0 Å². The molecule has 16 heavy (non-hydrogen) atoms. The largest absolute Gasteiger partial charge is 0.506 e. The molecule has 1 aromatic carbocycles. The summed E-state index contributed by atoms with van der Waals surface area (Å²) >= 11 is 0. The van der Waals surface area contributed by atoms with Crippen molar-refractivity contribution in [3.8, 4) is 5.75 Å². The number of benzene rings is 1. The Balaban J connectivity index is 2.31. The molecule has 4 heteroatoms. The normalized spacial score (nSPS) is 20.2. The third-order valence-corrected chi connectivity index (χ3v) is 2.72. The Labute approximate surface area is 92.8 Å². The Kier molecular flexibility index (Phi) is 2.64. The molecule has 1 amide bonds. The van der Waals surface area contributed by atoms with Crippen molar-refractivity contribution in [2.24, 2.45) is 5.92 Å². The van der Waals surface area contributed by atoms with E-state index in [1.54, 1.807) is 6.08 Å². The quantitative estimate of drug-likeness (QED) is 0.776. The van der Waals surface area contributed by atoms with Crippen LogP contribution in [0.4, 0.5) is 10.1 Å². The summed E-state index contributed by atoms with van der Waals surface area (Å²) in [5.74, 6) is -0.713. The average molecular weight is 221 g/mol. The first-order valence-corrected chi connectivity index (χ1v) is 5.03. The maximum Gasteiger partial charge on any atom is 0.227 e. The minimum atomic E-state index is -0.520. The number of hydrogen-bond donors (Lipinski definition) is 1. The van der Waals surface area contributed by atoms with Gasteiger partial charge in [0.25, 0.3) is 0 Å². The number of phenolic OH excluding ortho intramolecular Hbond substituents is 1. The summed E-state index contributed by atoms with van der Waals surface area (Å²) in [5.41, 5.74) is 0.357. The summed E-state index contributed by atoms with van der Waals surface area (Å²) in [7, 11) is 0. The molecule has 1 aromatic rings. The van der Waals surface area contributed by atoms with Crippen molar-refractivity contribution in [2.45, 2.75) is 6.42 Å². The number of anilines is 1. The maximum atomic E-state index is 12.8. The number of aromatic hydroxyl groups is 1. The highest BCUT2D eigenvalue weighted by molar-refractivity contribution is 5.97. The lowest BCUT2D eigenvalue weighted by Crippen LogP contribution is -2.24. The van der Waals surface area contributed by atoms with E-state index >= 15 is 0 Å². The van der Waals surface area contributed by atoms with E-state index in [2.05, 4.69) is 6.58 Å². The monoisotopic (exact) mass is 221 g/mol. The molecule has 1 N–H and O–H groups in total. The fourth-order valence-electron chi connectivity index (χ4n) is 1.85. The lowest BCUT2D eigenvalue weighted by molar-refractivity contribution is -0.117. The van der Waals surface area contributed by atoms with Gasteiger partial charge in [-0.25, -0.2) is 4.39 Å². The zero-order valence-electron chi connectivity index (χ0n) is 8.69. The van der Waals surface area contributed by atoms with Crippen molar-refractivity contribution < 1.29 is 14.3 Å². The van der Waals surface area contributed by atoms with Crippen LogP contribution in [0.25, 0.3) is 0 Å². The Morgan fingerprint density at radius 2 is 2.31 bits per heavy atom. The van der Waals surface area contributed by atoms with E-state index in [-0.39, 0.29) is 17.6 Å². The van der Waals surface area contributed by atoms with Crippen LogP contribution < -0.4 is 4.90 Å². The lowest BCUT2D eigenvalue weighted by Gasteiger charge is -2.17. The van der Waals surface area contributed by atoms with E-state index in [0.29, 0.717) is 18.7 Å². The van der Waals surface area contributed by atoms with Crippen LogP contribution in [0.15, 0.2) is 30.9 Å². The fourth-order valence-corrected chi connectivity index (χ4v) is 1.85. The van der Waals surface area contributed by atoms with Gasteiger partial charge in [-0.05, 0) is 12.1 Å². The van der Waals surface area contributed by atoms with E-state index in [9.17, 15) is 14.3 Å². The van der Waals surface area contributed by atoms with Gasteiger partial charge in [0, 0.05) is 24.9 Å². The molecule has 0 bridgehead atoms. The highest BCUT2D eigenvalue weighted by atomic mass is 19.1. The van der Waals surface area contributed by atoms with Crippen LogP contribution in [0, 0.1) is 11.7 Å². The topological polar surface area (TPSA) is 40.5 Å². The second-order valence-electron chi connectivity index (χ2n) is 3.84. The first kappa shape index (κ1) is 10.7. The fraction of sp³-hybridized carbons (Fsp3) is 0.250. The summed E-state index contributed by atoms with van der Waals surface area (Å²) < 4.78 is 12.8. The van der Waals surface area contributed by atoms with Gasteiger partial charge < -0.3 is 10.0 Å². The van der Waals surface area contributed by atoms with Crippen LogP contribution in [-0.2, 0) is 4.79 Å². The summed E-state index contributed by atoms with van der Waals surface area (Å²) in [6.45, 7) is 4.13. The van der Waals surface area contributed by atoms with Crippen LogP contribution in [0.1, 0.15) is 6.42 Å². The van der Waals surface area contributed by atoms with E-state index in [1.165, 1.54) is 17.0 Å². The number of halogens is 1. The second kappa shape index (κ2) is 3.96. The molecular weight excluding hydrogens is 209 g/mol. The van der Waals surface area contributed by atoms with Gasteiger partial charge in [0.1, 0.15) is 11.6 Å². The van der Waals surface area contributed by atoms with Crippen molar-refractivity contribution in [1.29, 1.82) is 0 Å². The molecule has 3 nitrogen and oxygen atoms in total. The minimum absolute atomic E-state index is 0.0770. The molecule has 1 heterocycles. The number of amides is 1. The Morgan fingerprint density at radius 3 is 2.88 bits per heavy atom. The molecule has 0 aliphatic carbocycles. The highest BCUT2D eigenvalue weighted by Crippen LogP contribution is 2.32. The summed E-state index contributed by atoms with van der Waals surface area (Å²) in [6, 6.07) is 3.64. The number of carbonyl (C=O) groups is 1. The number of rotatable bonds is 2. The van der Waals surface area contributed by atoms with E-state index in [0.717, 1.165) is 6.07 Å². The molecule has 1 unspecified atom stereocenters.